The van der Waals surface area contributed by atoms with E-state index in [2.05, 4.69) is 46.2 Å². The molecule has 1 heterocycles. The molecule has 4 nitrogen and oxygen atoms in total. The molecule has 1 aliphatic rings. The number of piperazine rings is 1. The van der Waals surface area contributed by atoms with Crippen molar-refractivity contribution in [3.05, 3.63) is 70.7 Å². The number of hydrogen-bond donors (Lipinski definition) is 1. The van der Waals surface area contributed by atoms with Crippen LogP contribution in [0.1, 0.15) is 24.1 Å². The summed E-state index contributed by atoms with van der Waals surface area (Å²) in [6, 6.07) is 18.9. The molecule has 2 aromatic carbocycles. The van der Waals surface area contributed by atoms with Crippen molar-refractivity contribution in [3.8, 4) is 0 Å². The van der Waals surface area contributed by atoms with Crippen LogP contribution in [0.5, 0.6) is 0 Å². The van der Waals surface area contributed by atoms with E-state index in [1.807, 2.05) is 25.1 Å². The fraction of sp³-hybridized carbons (Fsp3) is 0.429. The zero-order valence-electron chi connectivity index (χ0n) is 15.2. The third-order valence-corrected chi connectivity index (χ3v) is 5.19. The second kappa shape index (κ2) is 9.49. The quantitative estimate of drug-likeness (QED) is 0.805. The van der Waals surface area contributed by atoms with E-state index in [9.17, 15) is 5.11 Å². The highest BCUT2D eigenvalue weighted by Gasteiger charge is 2.29. The minimum absolute atomic E-state index is 0.0349. The summed E-state index contributed by atoms with van der Waals surface area (Å²) in [5.41, 5.74) is 2.53. The van der Waals surface area contributed by atoms with E-state index >= 15 is 0 Å². The second-order valence-corrected chi connectivity index (χ2v) is 6.97. The van der Waals surface area contributed by atoms with Crippen molar-refractivity contribution >= 4 is 11.6 Å². The van der Waals surface area contributed by atoms with Gasteiger partial charge in [-0.05, 0) is 30.2 Å². The van der Waals surface area contributed by atoms with E-state index in [4.69, 9.17) is 16.3 Å². The first kappa shape index (κ1) is 19.3. The molecule has 1 fully saturated rings. The van der Waals surface area contributed by atoms with Crippen molar-refractivity contribution in [2.24, 2.45) is 0 Å². The van der Waals surface area contributed by atoms with E-state index < -0.39 is 0 Å². The lowest BCUT2D eigenvalue weighted by atomic mass is 9.96. The summed E-state index contributed by atoms with van der Waals surface area (Å²) in [6.07, 6.45) is -0.201. The molecule has 0 spiro atoms. The van der Waals surface area contributed by atoms with Crippen LogP contribution in [0.3, 0.4) is 0 Å². The van der Waals surface area contributed by atoms with Crippen molar-refractivity contribution in [1.29, 1.82) is 0 Å². The van der Waals surface area contributed by atoms with E-state index in [1.54, 1.807) is 0 Å². The number of ether oxygens (including phenoxy) is 1. The van der Waals surface area contributed by atoms with Crippen molar-refractivity contribution in [3.63, 3.8) is 0 Å². The molecule has 1 aliphatic heterocycles. The summed E-state index contributed by atoms with van der Waals surface area (Å²) >= 11 is 6.09. The van der Waals surface area contributed by atoms with Gasteiger partial charge in [0.1, 0.15) is 6.23 Å². The Hall–Kier alpha value is -1.43. The lowest BCUT2D eigenvalue weighted by Crippen LogP contribution is -2.53. The van der Waals surface area contributed by atoms with E-state index in [1.165, 1.54) is 11.1 Å². The monoisotopic (exact) mass is 374 g/mol. The Labute approximate surface area is 160 Å². The van der Waals surface area contributed by atoms with Gasteiger partial charge in [0, 0.05) is 37.8 Å². The van der Waals surface area contributed by atoms with Gasteiger partial charge in [-0.25, -0.2) is 0 Å². The summed E-state index contributed by atoms with van der Waals surface area (Å²) in [6.45, 7) is 6.21. The van der Waals surface area contributed by atoms with Crippen LogP contribution in [-0.4, -0.2) is 60.5 Å². The van der Waals surface area contributed by atoms with Gasteiger partial charge in [0.15, 0.2) is 0 Å². The van der Waals surface area contributed by atoms with Gasteiger partial charge in [-0.2, -0.15) is 0 Å². The highest BCUT2D eigenvalue weighted by atomic mass is 35.5. The molecule has 0 amide bonds. The minimum atomic E-state index is -0.201. The Balaban J connectivity index is 1.77. The summed E-state index contributed by atoms with van der Waals surface area (Å²) < 4.78 is 5.65. The second-order valence-electron chi connectivity index (χ2n) is 6.53. The first-order valence-corrected chi connectivity index (χ1v) is 9.61. The highest BCUT2D eigenvalue weighted by molar-refractivity contribution is 6.30. The molecule has 0 aliphatic carbocycles. The summed E-state index contributed by atoms with van der Waals surface area (Å²) in [7, 11) is 0. The van der Waals surface area contributed by atoms with Gasteiger partial charge in [-0.15, -0.1) is 0 Å². The highest BCUT2D eigenvalue weighted by Crippen LogP contribution is 2.30. The fourth-order valence-corrected chi connectivity index (χ4v) is 3.77. The zero-order chi connectivity index (χ0) is 18.4. The lowest BCUT2D eigenvalue weighted by Gasteiger charge is -2.42. The van der Waals surface area contributed by atoms with Gasteiger partial charge < -0.3 is 9.84 Å². The predicted octanol–water partition coefficient (Wildman–Crippen LogP) is 3.40. The molecule has 0 bridgehead atoms. The Kier molecular flexibility index (Phi) is 7.06. The van der Waals surface area contributed by atoms with Gasteiger partial charge in [-0.1, -0.05) is 54.1 Å². The topological polar surface area (TPSA) is 35.9 Å². The summed E-state index contributed by atoms with van der Waals surface area (Å²) in [5, 5.41) is 10.3. The normalized spacial score (nSPS) is 18.6. The molecule has 0 aromatic heterocycles. The van der Waals surface area contributed by atoms with Crippen molar-refractivity contribution in [1.82, 2.24) is 9.80 Å². The Morgan fingerprint density at radius 1 is 0.923 bits per heavy atom. The first-order valence-electron chi connectivity index (χ1n) is 9.24. The summed E-state index contributed by atoms with van der Waals surface area (Å²) in [4.78, 5) is 4.72. The number of hydrogen-bond acceptors (Lipinski definition) is 4. The average Bonchev–Trinajstić information content (AvgIpc) is 2.69. The predicted molar refractivity (Wildman–Crippen MR) is 105 cm³/mol. The van der Waals surface area contributed by atoms with Gasteiger partial charge in [0.05, 0.1) is 12.6 Å². The number of aliphatic hydroxyl groups is 1. The fourth-order valence-electron chi connectivity index (χ4n) is 3.64. The van der Waals surface area contributed by atoms with Gasteiger partial charge >= 0.3 is 0 Å². The van der Waals surface area contributed by atoms with E-state index in [-0.39, 0.29) is 18.9 Å². The molecule has 0 saturated carbocycles. The molecule has 2 atom stereocenters. The molecule has 2 unspecified atom stereocenters. The molecule has 140 valence electrons. The number of aliphatic hydroxyl groups excluding tert-OH is 1. The van der Waals surface area contributed by atoms with Gasteiger partial charge in [0.25, 0.3) is 0 Å². The summed E-state index contributed by atoms with van der Waals surface area (Å²) in [5.74, 6) is 0. The van der Waals surface area contributed by atoms with E-state index in [0.717, 1.165) is 31.2 Å². The third kappa shape index (κ3) is 4.64. The average molecular weight is 375 g/mol. The Morgan fingerprint density at radius 3 is 2.08 bits per heavy atom. The number of halogens is 1. The maximum atomic E-state index is 9.57. The van der Waals surface area contributed by atoms with Crippen molar-refractivity contribution < 1.29 is 9.84 Å². The van der Waals surface area contributed by atoms with Crippen LogP contribution < -0.4 is 0 Å². The van der Waals surface area contributed by atoms with Crippen molar-refractivity contribution in [2.45, 2.75) is 19.2 Å². The molecule has 3 rings (SSSR count). The molecule has 1 saturated heterocycles. The van der Waals surface area contributed by atoms with Crippen LogP contribution in [0.2, 0.25) is 5.02 Å². The maximum absolute atomic E-state index is 9.57. The Bertz CT molecular complexity index is 657. The Morgan fingerprint density at radius 2 is 1.50 bits per heavy atom. The van der Waals surface area contributed by atoms with Gasteiger partial charge in [-0.3, -0.25) is 9.80 Å². The number of rotatable bonds is 7. The van der Waals surface area contributed by atoms with Crippen LogP contribution in [0.25, 0.3) is 0 Å². The number of benzene rings is 2. The van der Waals surface area contributed by atoms with Crippen LogP contribution in [0.4, 0.5) is 0 Å². The smallest absolute Gasteiger partial charge is 0.134 e. The zero-order valence-corrected chi connectivity index (χ0v) is 16.0. The molecule has 26 heavy (non-hydrogen) atoms. The third-order valence-electron chi connectivity index (χ3n) is 4.94. The molecular formula is C21H27ClN2O2. The van der Waals surface area contributed by atoms with Crippen LogP contribution in [0.15, 0.2) is 54.6 Å². The maximum Gasteiger partial charge on any atom is 0.134 e. The van der Waals surface area contributed by atoms with Crippen LogP contribution in [0, 0.1) is 0 Å². The molecular weight excluding hydrogens is 348 g/mol. The molecule has 1 N–H and O–H groups in total. The minimum Gasteiger partial charge on any atom is -0.392 e. The lowest BCUT2D eigenvalue weighted by molar-refractivity contribution is -0.0983. The first-order chi connectivity index (χ1) is 12.7. The molecule has 0 radical (unpaired) electrons. The molecule has 5 heteroatoms. The van der Waals surface area contributed by atoms with Crippen molar-refractivity contribution in [2.75, 3.05) is 39.4 Å². The SMILES string of the molecule is CCOC(CO)N1CCN(C(c2ccccc2)c2ccc(Cl)cc2)CC1. The van der Waals surface area contributed by atoms with Crippen LogP contribution >= 0.6 is 11.6 Å². The standard InChI is InChI=1S/C21H27ClN2O2/c1-2-26-20(16-25)23-12-14-24(15-13-23)21(17-6-4-3-5-7-17)18-8-10-19(22)11-9-18/h3-11,20-21,25H,2,12-16H2,1H3. The molecule has 2 aromatic rings. The largest absolute Gasteiger partial charge is 0.392 e. The van der Waals surface area contributed by atoms with E-state index in [0.29, 0.717) is 6.61 Å². The van der Waals surface area contributed by atoms with Crippen LogP contribution in [-0.2, 0) is 4.74 Å². The number of nitrogens with zero attached hydrogens (tertiary/aromatic N) is 2. The van der Waals surface area contributed by atoms with Gasteiger partial charge in [0.2, 0.25) is 0 Å².